The van der Waals surface area contributed by atoms with Crippen LogP contribution in [-0.4, -0.2) is 22.5 Å². The number of aliphatic hydroxyl groups excluding tert-OH is 1. The summed E-state index contributed by atoms with van der Waals surface area (Å²) in [5, 5.41) is 11.5. The van der Waals surface area contributed by atoms with Gasteiger partial charge in [0.15, 0.2) is 0 Å². The molecule has 0 radical (unpaired) electrons. The molecule has 2 N–H and O–H groups in total. The van der Waals surface area contributed by atoms with Crippen LogP contribution in [-0.2, 0) is 11.4 Å². The molecular formula is C12H14N2O2. The van der Waals surface area contributed by atoms with E-state index in [1.54, 1.807) is 18.2 Å². The van der Waals surface area contributed by atoms with Crippen LogP contribution in [0, 0.1) is 11.8 Å². The highest BCUT2D eigenvalue weighted by Gasteiger charge is 1.92. The van der Waals surface area contributed by atoms with Gasteiger partial charge in [-0.15, -0.1) is 0 Å². The molecule has 1 aromatic heterocycles. The van der Waals surface area contributed by atoms with Gasteiger partial charge in [-0.05, 0) is 18.1 Å². The molecule has 4 nitrogen and oxygen atoms in total. The fourth-order valence-electron chi connectivity index (χ4n) is 1.09. The summed E-state index contributed by atoms with van der Waals surface area (Å²) in [6.07, 6.45) is 0.588. The second-order valence-corrected chi connectivity index (χ2v) is 3.21. The molecule has 0 aliphatic heterocycles. The van der Waals surface area contributed by atoms with E-state index in [0.717, 1.165) is 0 Å². The number of carbonyl (C=O) groups excluding carboxylic acids is 1. The van der Waals surface area contributed by atoms with Crippen LogP contribution in [0.3, 0.4) is 0 Å². The van der Waals surface area contributed by atoms with Crippen molar-refractivity contribution in [3.8, 4) is 11.8 Å². The monoisotopic (exact) mass is 218 g/mol. The number of pyridine rings is 1. The van der Waals surface area contributed by atoms with E-state index in [9.17, 15) is 4.79 Å². The Bertz CT molecular complexity index is 419. The van der Waals surface area contributed by atoms with Crippen LogP contribution in [0.2, 0.25) is 0 Å². The smallest absolute Gasteiger partial charge is 0.216 e. The molecule has 0 spiro atoms. The fraction of sp³-hybridized carbons (Fsp3) is 0.333. The zero-order chi connectivity index (χ0) is 11.8. The Morgan fingerprint density at radius 2 is 2.38 bits per heavy atom. The van der Waals surface area contributed by atoms with Crippen molar-refractivity contribution in [2.24, 2.45) is 0 Å². The van der Waals surface area contributed by atoms with Crippen LogP contribution in [0.5, 0.6) is 0 Å². The third-order valence-electron chi connectivity index (χ3n) is 1.81. The number of aromatic nitrogens is 1. The van der Waals surface area contributed by atoms with E-state index in [0.29, 0.717) is 24.4 Å². The number of nitrogens with one attached hydrogen (secondary N) is 1. The Balaban J connectivity index is 2.46. The highest BCUT2D eigenvalue weighted by Crippen LogP contribution is 1.97. The summed E-state index contributed by atoms with van der Waals surface area (Å²) in [5.74, 6) is 5.72. The third kappa shape index (κ3) is 4.58. The first kappa shape index (κ1) is 12.2. The number of hydrogen-bond donors (Lipinski definition) is 2. The highest BCUT2D eigenvalue weighted by atomic mass is 16.3. The largest absolute Gasteiger partial charge is 0.390 e. The lowest BCUT2D eigenvalue weighted by molar-refractivity contribution is -0.118. The summed E-state index contributed by atoms with van der Waals surface area (Å²) >= 11 is 0. The van der Waals surface area contributed by atoms with Gasteiger partial charge in [0.1, 0.15) is 5.69 Å². The molecule has 1 rings (SSSR count). The minimum absolute atomic E-state index is 0.0535. The van der Waals surface area contributed by atoms with Crippen LogP contribution in [0.25, 0.3) is 0 Å². The molecule has 1 aromatic rings. The van der Waals surface area contributed by atoms with Gasteiger partial charge >= 0.3 is 0 Å². The molecule has 16 heavy (non-hydrogen) atoms. The zero-order valence-corrected chi connectivity index (χ0v) is 9.16. The topological polar surface area (TPSA) is 62.2 Å². The number of rotatable bonds is 3. The summed E-state index contributed by atoms with van der Waals surface area (Å²) in [6.45, 7) is 1.93. The second-order valence-electron chi connectivity index (χ2n) is 3.21. The standard InChI is InChI=1S/C12H14N2O2/c1-10(16)13-8-3-2-5-11-6-4-7-12(9-15)14-11/h4,6-7,15H,3,8-9H2,1H3,(H,13,16). The Labute approximate surface area is 94.7 Å². The maximum atomic E-state index is 10.6. The Kier molecular flexibility index (Phi) is 5.03. The van der Waals surface area contributed by atoms with Gasteiger partial charge < -0.3 is 10.4 Å². The lowest BCUT2D eigenvalue weighted by atomic mass is 10.3. The molecule has 0 aliphatic rings. The van der Waals surface area contributed by atoms with Crippen LogP contribution in [0.15, 0.2) is 18.2 Å². The Morgan fingerprint density at radius 3 is 3.06 bits per heavy atom. The van der Waals surface area contributed by atoms with Gasteiger partial charge in [0.05, 0.1) is 12.3 Å². The molecule has 0 unspecified atom stereocenters. The molecule has 0 atom stereocenters. The average Bonchev–Trinajstić information content (AvgIpc) is 2.28. The first-order valence-electron chi connectivity index (χ1n) is 5.02. The van der Waals surface area contributed by atoms with Crippen LogP contribution >= 0.6 is 0 Å². The minimum Gasteiger partial charge on any atom is -0.390 e. The number of aliphatic hydroxyl groups is 1. The van der Waals surface area contributed by atoms with E-state index in [4.69, 9.17) is 5.11 Å². The van der Waals surface area contributed by atoms with E-state index in [-0.39, 0.29) is 12.5 Å². The number of hydrogen-bond acceptors (Lipinski definition) is 3. The van der Waals surface area contributed by atoms with Gasteiger partial charge in [0.2, 0.25) is 5.91 Å². The summed E-state index contributed by atoms with van der Waals surface area (Å²) in [7, 11) is 0. The van der Waals surface area contributed by atoms with Gasteiger partial charge in [0.25, 0.3) is 0 Å². The lowest BCUT2D eigenvalue weighted by Crippen LogP contribution is -2.20. The number of carbonyl (C=O) groups is 1. The zero-order valence-electron chi connectivity index (χ0n) is 9.16. The van der Waals surface area contributed by atoms with Crippen molar-refractivity contribution in [3.63, 3.8) is 0 Å². The number of amides is 1. The fourth-order valence-corrected chi connectivity index (χ4v) is 1.09. The van der Waals surface area contributed by atoms with Crippen molar-refractivity contribution in [3.05, 3.63) is 29.6 Å². The molecule has 0 aromatic carbocycles. The average molecular weight is 218 g/mol. The maximum absolute atomic E-state index is 10.6. The summed E-state index contributed by atoms with van der Waals surface area (Å²) in [4.78, 5) is 14.7. The lowest BCUT2D eigenvalue weighted by Gasteiger charge is -1.96. The van der Waals surface area contributed by atoms with Gasteiger partial charge in [-0.25, -0.2) is 4.98 Å². The van der Waals surface area contributed by atoms with Crippen LogP contribution in [0.4, 0.5) is 0 Å². The van der Waals surface area contributed by atoms with E-state index in [1.807, 2.05) is 0 Å². The quantitative estimate of drug-likeness (QED) is 0.572. The van der Waals surface area contributed by atoms with Crippen LogP contribution in [0.1, 0.15) is 24.7 Å². The van der Waals surface area contributed by atoms with Crippen molar-refractivity contribution in [1.82, 2.24) is 10.3 Å². The Hall–Kier alpha value is -1.86. The molecule has 0 saturated heterocycles. The van der Waals surface area contributed by atoms with E-state index >= 15 is 0 Å². The molecular weight excluding hydrogens is 204 g/mol. The van der Waals surface area contributed by atoms with Crippen molar-refractivity contribution >= 4 is 5.91 Å². The molecule has 1 amide bonds. The molecule has 0 fully saturated rings. The number of nitrogens with zero attached hydrogens (tertiary/aromatic N) is 1. The summed E-state index contributed by atoms with van der Waals surface area (Å²) in [6, 6.07) is 5.32. The van der Waals surface area contributed by atoms with E-state index < -0.39 is 0 Å². The van der Waals surface area contributed by atoms with Crippen molar-refractivity contribution in [2.75, 3.05) is 6.54 Å². The SMILES string of the molecule is CC(=O)NCCC#Cc1cccc(CO)n1. The maximum Gasteiger partial charge on any atom is 0.216 e. The second kappa shape index (κ2) is 6.59. The van der Waals surface area contributed by atoms with Gasteiger partial charge in [0, 0.05) is 19.9 Å². The summed E-state index contributed by atoms with van der Waals surface area (Å²) in [5.41, 5.74) is 1.24. The molecule has 4 heteroatoms. The van der Waals surface area contributed by atoms with Crippen molar-refractivity contribution in [1.29, 1.82) is 0 Å². The molecule has 84 valence electrons. The highest BCUT2D eigenvalue weighted by molar-refractivity contribution is 5.72. The first-order chi connectivity index (χ1) is 7.72. The van der Waals surface area contributed by atoms with E-state index in [1.165, 1.54) is 6.92 Å². The van der Waals surface area contributed by atoms with Gasteiger partial charge in [-0.1, -0.05) is 12.0 Å². The third-order valence-corrected chi connectivity index (χ3v) is 1.81. The Morgan fingerprint density at radius 1 is 1.56 bits per heavy atom. The minimum atomic E-state index is -0.0819. The predicted octanol–water partition coefficient (Wildman–Crippen LogP) is 0.452. The molecule has 0 saturated carbocycles. The van der Waals surface area contributed by atoms with Gasteiger partial charge in [-0.3, -0.25) is 4.79 Å². The van der Waals surface area contributed by atoms with Crippen LogP contribution < -0.4 is 5.32 Å². The van der Waals surface area contributed by atoms with Crippen molar-refractivity contribution in [2.45, 2.75) is 20.0 Å². The normalized spacial score (nSPS) is 9.12. The van der Waals surface area contributed by atoms with E-state index in [2.05, 4.69) is 22.1 Å². The summed E-state index contributed by atoms with van der Waals surface area (Å²) < 4.78 is 0. The van der Waals surface area contributed by atoms with Crippen molar-refractivity contribution < 1.29 is 9.90 Å². The predicted molar refractivity (Wildman–Crippen MR) is 60.3 cm³/mol. The molecule has 0 bridgehead atoms. The molecule has 1 heterocycles. The molecule has 0 aliphatic carbocycles. The first-order valence-corrected chi connectivity index (χ1v) is 5.02. The van der Waals surface area contributed by atoms with Gasteiger partial charge in [-0.2, -0.15) is 0 Å².